The van der Waals surface area contributed by atoms with Gasteiger partial charge in [0.15, 0.2) is 5.75 Å². The van der Waals surface area contributed by atoms with Gasteiger partial charge < -0.3 is 5.11 Å². The van der Waals surface area contributed by atoms with Crippen molar-refractivity contribution in [2.75, 3.05) is 4.72 Å². The number of hydrogen-bond donors (Lipinski definition) is 2. The zero-order valence-electron chi connectivity index (χ0n) is 17.4. The largest absolute Gasteiger partial charge is 0.505 e. The predicted octanol–water partition coefficient (Wildman–Crippen LogP) is 6.23. The molecule has 33 heavy (non-hydrogen) atoms. The van der Waals surface area contributed by atoms with Gasteiger partial charge in [-0.05, 0) is 48.9 Å². The van der Waals surface area contributed by atoms with Crippen molar-refractivity contribution < 1.29 is 18.3 Å². The topological polar surface area (TPSA) is 108 Å². The van der Waals surface area contributed by atoms with Crippen molar-refractivity contribution in [2.45, 2.75) is 11.8 Å². The van der Waals surface area contributed by atoms with Crippen LogP contribution in [0.2, 0.25) is 5.02 Å². The average molecular weight is 480 g/mol. The van der Waals surface area contributed by atoms with Crippen molar-refractivity contribution in [1.82, 2.24) is 0 Å². The number of aryl methyl sites for hydroxylation is 1. The number of rotatable bonds is 5. The molecule has 0 unspecified atom stereocenters. The quantitative estimate of drug-likeness (QED) is 0.261. The number of hydrogen-bond acceptors (Lipinski definition) is 5. The van der Waals surface area contributed by atoms with Crippen molar-refractivity contribution in [2.24, 2.45) is 10.2 Å². The van der Waals surface area contributed by atoms with Gasteiger partial charge in [-0.2, -0.15) is 0 Å². The Morgan fingerprint density at radius 3 is 2.27 bits per heavy atom. The monoisotopic (exact) mass is 479 g/mol. The van der Waals surface area contributed by atoms with Crippen LogP contribution in [0.4, 0.5) is 11.4 Å². The van der Waals surface area contributed by atoms with Gasteiger partial charge in [-0.25, -0.2) is 8.42 Å². The van der Waals surface area contributed by atoms with Crippen LogP contribution < -0.4 is 4.72 Å². The number of benzene rings is 4. The number of halogens is 1. The van der Waals surface area contributed by atoms with Gasteiger partial charge in [0.2, 0.25) is 0 Å². The van der Waals surface area contributed by atoms with Crippen molar-refractivity contribution >= 4 is 49.7 Å². The molecule has 9 heteroatoms. The van der Waals surface area contributed by atoms with E-state index in [1.807, 2.05) is 0 Å². The first-order valence-electron chi connectivity index (χ1n) is 9.81. The molecule has 0 bridgehead atoms. The van der Waals surface area contributed by atoms with Gasteiger partial charge in [-0.1, -0.05) is 54.1 Å². The molecule has 0 atom stereocenters. The molecule has 7 nitrogen and oxygen atoms in total. The minimum absolute atomic E-state index is 0.0157. The lowest BCUT2D eigenvalue weighted by Crippen LogP contribution is -2.13. The lowest BCUT2D eigenvalue weighted by Gasteiger charge is -2.13. The summed E-state index contributed by atoms with van der Waals surface area (Å²) < 4.78 is 28.4. The Balaban J connectivity index is 1.76. The molecule has 4 aromatic rings. The molecular formula is C24H18ClN3O4S. The number of carbonyl (C=O) groups is 1. The maximum atomic E-state index is 12.9. The molecule has 0 aliphatic heterocycles. The lowest BCUT2D eigenvalue weighted by molar-refractivity contribution is 0.0994. The highest BCUT2D eigenvalue weighted by atomic mass is 35.5. The number of amides is 1. The summed E-state index contributed by atoms with van der Waals surface area (Å²) in [5.74, 6) is -0.801. The van der Waals surface area contributed by atoms with E-state index in [1.54, 1.807) is 55.5 Å². The van der Waals surface area contributed by atoms with Crippen LogP contribution in [-0.2, 0) is 10.0 Å². The van der Waals surface area contributed by atoms with Crippen LogP contribution in [0.15, 0.2) is 94.0 Å². The van der Waals surface area contributed by atoms with Gasteiger partial charge in [-0.15, -0.1) is 10.2 Å². The zero-order valence-corrected chi connectivity index (χ0v) is 18.9. The fourth-order valence-corrected chi connectivity index (χ4v) is 4.49. The fourth-order valence-electron chi connectivity index (χ4n) is 3.29. The number of phenolic OH excluding ortho intramolecular Hbond substituents is 1. The van der Waals surface area contributed by atoms with Gasteiger partial charge in [0, 0.05) is 21.4 Å². The number of azo groups is 1. The summed E-state index contributed by atoms with van der Waals surface area (Å²) in [5.41, 5.74) is 1.24. The van der Waals surface area contributed by atoms with Crippen LogP contribution in [-0.4, -0.2) is 19.4 Å². The normalized spacial score (nSPS) is 11.7. The summed E-state index contributed by atoms with van der Waals surface area (Å²) in [6, 6.07) is 20.7. The van der Waals surface area contributed by atoms with Crippen LogP contribution in [0.5, 0.6) is 5.75 Å². The van der Waals surface area contributed by atoms with E-state index in [4.69, 9.17) is 11.6 Å². The summed E-state index contributed by atoms with van der Waals surface area (Å²) >= 11 is 5.86. The molecular weight excluding hydrogens is 462 g/mol. The Morgan fingerprint density at radius 1 is 0.939 bits per heavy atom. The van der Waals surface area contributed by atoms with E-state index >= 15 is 0 Å². The second kappa shape index (κ2) is 9.01. The molecule has 4 aromatic carbocycles. The number of fused-ring (bicyclic) bond motifs is 1. The van der Waals surface area contributed by atoms with E-state index < -0.39 is 15.9 Å². The number of carbonyl (C=O) groups excluding carboxylic acids is 1. The third-order valence-electron chi connectivity index (χ3n) is 4.99. The third-order valence-corrected chi connectivity index (χ3v) is 6.62. The number of nitrogens with zero attached hydrogens (tertiary/aromatic N) is 2. The van der Waals surface area contributed by atoms with Gasteiger partial charge in [0.05, 0.1) is 10.6 Å². The number of sulfonamides is 1. The highest BCUT2D eigenvalue weighted by Crippen LogP contribution is 2.40. The molecule has 0 aliphatic rings. The molecule has 4 rings (SSSR count). The first-order chi connectivity index (χ1) is 15.8. The van der Waals surface area contributed by atoms with Gasteiger partial charge in [-0.3, -0.25) is 9.52 Å². The molecule has 0 aliphatic carbocycles. The highest BCUT2D eigenvalue weighted by Gasteiger charge is 2.19. The maximum absolute atomic E-state index is 12.9. The number of phenols is 1. The Bertz CT molecular complexity index is 1500. The zero-order chi connectivity index (χ0) is 23.6. The van der Waals surface area contributed by atoms with Gasteiger partial charge in [0.1, 0.15) is 5.69 Å². The predicted molar refractivity (Wildman–Crippen MR) is 128 cm³/mol. The highest BCUT2D eigenvalue weighted by molar-refractivity contribution is 7.92. The molecule has 0 aromatic heterocycles. The minimum atomic E-state index is -3.96. The summed E-state index contributed by atoms with van der Waals surface area (Å²) in [4.78, 5) is 12.5. The van der Waals surface area contributed by atoms with Crippen molar-refractivity contribution in [3.63, 3.8) is 0 Å². The Hall–Kier alpha value is -3.75. The maximum Gasteiger partial charge on any atom is 0.295 e. The molecule has 0 fully saturated rings. The molecule has 0 radical (unpaired) electrons. The molecule has 2 N–H and O–H groups in total. The number of anilines is 1. The minimum Gasteiger partial charge on any atom is -0.505 e. The summed E-state index contributed by atoms with van der Waals surface area (Å²) in [7, 11) is -3.96. The molecule has 166 valence electrons. The lowest BCUT2D eigenvalue weighted by atomic mass is 10.1. The van der Waals surface area contributed by atoms with Crippen LogP contribution in [0.3, 0.4) is 0 Å². The van der Waals surface area contributed by atoms with Crippen LogP contribution in [0, 0.1) is 6.92 Å². The smallest absolute Gasteiger partial charge is 0.295 e. The standard InChI is InChI=1S/C24H18ClN3O4S/c1-15-6-2-3-7-18(15)24(30)27-26-22-14-21(19-8-4-5-9-20(19)23(22)29)28-33(31,32)17-12-10-16(25)11-13-17/h2-14,28-29H,1H3. The summed E-state index contributed by atoms with van der Waals surface area (Å²) in [6.07, 6.45) is 0. The average Bonchev–Trinajstić information content (AvgIpc) is 2.80. The Kier molecular flexibility index (Phi) is 6.13. The molecule has 1 amide bonds. The second-order valence-corrected chi connectivity index (χ2v) is 9.34. The molecule has 0 saturated carbocycles. The SMILES string of the molecule is Cc1ccccc1C(=O)N=Nc1cc(NS(=O)(=O)c2ccc(Cl)cc2)c2ccccc2c1O. The van der Waals surface area contributed by atoms with Crippen molar-refractivity contribution in [3.8, 4) is 5.75 Å². The number of nitrogens with one attached hydrogen (secondary N) is 1. The van der Waals surface area contributed by atoms with E-state index in [0.717, 1.165) is 5.56 Å². The van der Waals surface area contributed by atoms with E-state index in [-0.39, 0.29) is 22.0 Å². The number of aromatic hydroxyl groups is 1. The van der Waals surface area contributed by atoms with E-state index in [0.29, 0.717) is 21.4 Å². The first kappa shape index (κ1) is 22.4. The molecule has 0 heterocycles. The van der Waals surface area contributed by atoms with E-state index in [1.165, 1.54) is 30.3 Å². The third kappa shape index (κ3) is 4.72. The fraction of sp³-hybridized carbons (Fsp3) is 0.0417. The van der Waals surface area contributed by atoms with E-state index in [9.17, 15) is 18.3 Å². The Labute approximate surface area is 195 Å². The summed E-state index contributed by atoms with van der Waals surface area (Å²) in [5, 5.41) is 19.6. The Morgan fingerprint density at radius 2 is 1.58 bits per heavy atom. The van der Waals surface area contributed by atoms with Gasteiger partial charge >= 0.3 is 0 Å². The van der Waals surface area contributed by atoms with E-state index in [2.05, 4.69) is 15.0 Å². The van der Waals surface area contributed by atoms with Crippen molar-refractivity contribution in [1.29, 1.82) is 0 Å². The van der Waals surface area contributed by atoms with Crippen LogP contribution in [0.1, 0.15) is 15.9 Å². The first-order valence-corrected chi connectivity index (χ1v) is 11.7. The molecule has 0 spiro atoms. The van der Waals surface area contributed by atoms with Crippen LogP contribution in [0.25, 0.3) is 10.8 Å². The second-order valence-electron chi connectivity index (χ2n) is 7.22. The van der Waals surface area contributed by atoms with Gasteiger partial charge in [0.25, 0.3) is 15.9 Å². The summed E-state index contributed by atoms with van der Waals surface area (Å²) in [6.45, 7) is 1.78. The van der Waals surface area contributed by atoms with Crippen molar-refractivity contribution in [3.05, 3.63) is 95.0 Å². The molecule has 0 saturated heterocycles. The van der Waals surface area contributed by atoms with Crippen LogP contribution >= 0.6 is 11.6 Å².